The first-order valence-corrected chi connectivity index (χ1v) is 5.11. The molecule has 0 aliphatic rings. The second-order valence-corrected chi connectivity index (χ2v) is 2.81. The Morgan fingerprint density at radius 2 is 1.27 bits per heavy atom. The zero-order valence-corrected chi connectivity index (χ0v) is 9.37. The molecule has 0 heterocycles. The zero-order chi connectivity index (χ0) is 11.2. The molecule has 0 spiro atoms. The molecule has 0 atom stereocenters. The van der Waals surface area contributed by atoms with Crippen LogP contribution in [0.25, 0.3) is 0 Å². The second kappa shape index (κ2) is 13.8. The Balaban J connectivity index is 2.81. The van der Waals surface area contributed by atoms with Crippen molar-refractivity contribution in [1.82, 2.24) is 5.32 Å². The fourth-order valence-corrected chi connectivity index (χ4v) is 0.823. The Kier molecular flexibility index (Phi) is 13.5. The molecule has 6 heteroatoms. The van der Waals surface area contributed by atoms with E-state index in [-0.39, 0.29) is 0 Å². The van der Waals surface area contributed by atoms with Gasteiger partial charge in [0.1, 0.15) is 0 Å². The molecule has 92 valence electrons. The molecule has 0 aromatic heterocycles. The highest BCUT2D eigenvalue weighted by Crippen LogP contribution is 1.80. The number of ether oxygens (including phenoxy) is 3. The van der Waals surface area contributed by atoms with E-state index in [0.717, 1.165) is 6.54 Å². The Morgan fingerprint density at radius 1 is 0.800 bits per heavy atom. The van der Waals surface area contributed by atoms with Gasteiger partial charge in [0.25, 0.3) is 0 Å². The number of nitrogens with one attached hydrogen (secondary N) is 1. The van der Waals surface area contributed by atoms with E-state index in [1.807, 2.05) is 7.05 Å². The third kappa shape index (κ3) is 13.8. The second-order valence-electron chi connectivity index (χ2n) is 2.81. The highest BCUT2D eigenvalue weighted by Gasteiger charge is 1.91. The first kappa shape index (κ1) is 14.8. The van der Waals surface area contributed by atoms with Gasteiger partial charge in [0.15, 0.2) is 0 Å². The van der Waals surface area contributed by atoms with E-state index in [0.29, 0.717) is 46.2 Å². The van der Waals surface area contributed by atoms with Gasteiger partial charge in [-0.1, -0.05) is 0 Å². The van der Waals surface area contributed by atoms with Gasteiger partial charge in [0.05, 0.1) is 46.2 Å². The molecule has 0 radical (unpaired) electrons. The van der Waals surface area contributed by atoms with Crippen LogP contribution in [0.2, 0.25) is 0 Å². The van der Waals surface area contributed by atoms with E-state index in [4.69, 9.17) is 20.1 Å². The van der Waals surface area contributed by atoms with Gasteiger partial charge in [-0.05, 0) is 7.05 Å². The molecule has 0 aromatic carbocycles. The van der Waals surface area contributed by atoms with Crippen molar-refractivity contribution in [3.05, 3.63) is 0 Å². The minimum atomic E-state index is 0.410. The first-order valence-electron chi connectivity index (χ1n) is 5.11. The monoisotopic (exact) mass is 222 g/mol. The molecular formula is C9H22N2O4. The fraction of sp³-hybridized carbons (Fsp3) is 1.00. The molecule has 0 aliphatic carbocycles. The number of hydrogen-bond acceptors (Lipinski definition) is 6. The van der Waals surface area contributed by atoms with Crippen molar-refractivity contribution in [1.29, 1.82) is 0 Å². The third-order valence-corrected chi connectivity index (χ3v) is 1.59. The summed E-state index contributed by atoms with van der Waals surface area (Å²) in [5.74, 6) is 4.82. The average Bonchev–Trinajstić information content (AvgIpc) is 2.26. The van der Waals surface area contributed by atoms with E-state index in [9.17, 15) is 0 Å². The van der Waals surface area contributed by atoms with Crippen LogP contribution < -0.4 is 11.2 Å². The minimum Gasteiger partial charge on any atom is -0.378 e. The van der Waals surface area contributed by atoms with Crippen LogP contribution >= 0.6 is 0 Å². The Labute approximate surface area is 91.0 Å². The summed E-state index contributed by atoms with van der Waals surface area (Å²) in [7, 11) is 1.89. The van der Waals surface area contributed by atoms with Gasteiger partial charge in [-0.15, -0.1) is 0 Å². The van der Waals surface area contributed by atoms with Gasteiger partial charge < -0.3 is 24.4 Å². The normalized spacial score (nSPS) is 10.8. The zero-order valence-electron chi connectivity index (χ0n) is 9.37. The standard InChI is InChI=1S/C9H22N2O4/c1-11-2-3-12-4-5-13-6-7-14-8-9-15-10/h11H,2-10H2,1H3. The number of nitrogens with two attached hydrogens (primary N) is 1. The molecule has 0 unspecified atom stereocenters. The molecule has 3 N–H and O–H groups in total. The van der Waals surface area contributed by atoms with E-state index >= 15 is 0 Å². The van der Waals surface area contributed by atoms with Crippen molar-refractivity contribution >= 4 is 0 Å². The summed E-state index contributed by atoms with van der Waals surface area (Å²) in [6.45, 7) is 4.83. The van der Waals surface area contributed by atoms with Gasteiger partial charge in [-0.3, -0.25) is 0 Å². The van der Waals surface area contributed by atoms with Crippen LogP contribution in [0.5, 0.6) is 0 Å². The van der Waals surface area contributed by atoms with Crippen LogP contribution in [0.3, 0.4) is 0 Å². The van der Waals surface area contributed by atoms with Crippen molar-refractivity contribution < 1.29 is 19.0 Å². The molecule has 0 bridgehead atoms. The lowest BCUT2D eigenvalue weighted by Gasteiger charge is -2.06. The van der Waals surface area contributed by atoms with Crippen molar-refractivity contribution in [2.24, 2.45) is 5.90 Å². The molecular weight excluding hydrogens is 200 g/mol. The van der Waals surface area contributed by atoms with Crippen LogP contribution in [0.15, 0.2) is 0 Å². The van der Waals surface area contributed by atoms with Gasteiger partial charge in [-0.25, -0.2) is 5.90 Å². The van der Waals surface area contributed by atoms with E-state index < -0.39 is 0 Å². The summed E-state index contributed by atoms with van der Waals surface area (Å²) in [5, 5.41) is 2.99. The highest BCUT2D eigenvalue weighted by molar-refractivity contribution is 4.37. The topological polar surface area (TPSA) is 75.0 Å². The number of hydrogen-bond donors (Lipinski definition) is 2. The fourth-order valence-electron chi connectivity index (χ4n) is 0.823. The Bertz CT molecular complexity index is 104. The molecule has 0 amide bonds. The van der Waals surface area contributed by atoms with Crippen LogP contribution in [-0.2, 0) is 19.0 Å². The molecule has 0 fully saturated rings. The van der Waals surface area contributed by atoms with E-state index in [1.165, 1.54) is 0 Å². The van der Waals surface area contributed by atoms with Gasteiger partial charge in [-0.2, -0.15) is 0 Å². The van der Waals surface area contributed by atoms with Crippen molar-refractivity contribution in [2.75, 3.05) is 59.8 Å². The minimum absolute atomic E-state index is 0.410. The Morgan fingerprint density at radius 3 is 1.73 bits per heavy atom. The third-order valence-electron chi connectivity index (χ3n) is 1.59. The maximum Gasteiger partial charge on any atom is 0.0913 e. The van der Waals surface area contributed by atoms with Gasteiger partial charge >= 0.3 is 0 Å². The van der Waals surface area contributed by atoms with Crippen LogP contribution in [0.1, 0.15) is 0 Å². The van der Waals surface area contributed by atoms with Crippen LogP contribution in [-0.4, -0.2) is 59.8 Å². The largest absolute Gasteiger partial charge is 0.378 e. The maximum atomic E-state index is 5.25. The summed E-state index contributed by atoms with van der Waals surface area (Å²) >= 11 is 0. The van der Waals surface area contributed by atoms with E-state index in [1.54, 1.807) is 0 Å². The predicted molar refractivity (Wildman–Crippen MR) is 56.5 cm³/mol. The number of rotatable bonds is 12. The van der Waals surface area contributed by atoms with Crippen molar-refractivity contribution in [3.63, 3.8) is 0 Å². The molecule has 0 rings (SSSR count). The average molecular weight is 222 g/mol. The summed E-state index contributed by atoms with van der Waals surface area (Å²) < 4.78 is 15.6. The summed E-state index contributed by atoms with van der Waals surface area (Å²) in [5.41, 5.74) is 0. The lowest BCUT2D eigenvalue weighted by atomic mass is 10.6. The van der Waals surface area contributed by atoms with E-state index in [2.05, 4.69) is 10.2 Å². The van der Waals surface area contributed by atoms with Gasteiger partial charge in [0, 0.05) is 6.54 Å². The lowest BCUT2D eigenvalue weighted by molar-refractivity contribution is -0.00158. The van der Waals surface area contributed by atoms with Crippen LogP contribution in [0.4, 0.5) is 0 Å². The summed E-state index contributed by atoms with van der Waals surface area (Å²) in [6.07, 6.45) is 0. The predicted octanol–water partition coefficient (Wildman–Crippen LogP) is -0.854. The quantitative estimate of drug-likeness (QED) is 0.331. The smallest absolute Gasteiger partial charge is 0.0913 e. The SMILES string of the molecule is CNCCOCCOCCOCCON. The molecule has 15 heavy (non-hydrogen) atoms. The summed E-state index contributed by atoms with van der Waals surface area (Å²) in [4.78, 5) is 4.33. The summed E-state index contributed by atoms with van der Waals surface area (Å²) in [6, 6.07) is 0. The molecule has 0 aromatic rings. The molecule has 0 saturated heterocycles. The highest BCUT2D eigenvalue weighted by atomic mass is 16.6. The van der Waals surface area contributed by atoms with Crippen LogP contribution in [0, 0.1) is 0 Å². The van der Waals surface area contributed by atoms with Gasteiger partial charge in [0.2, 0.25) is 0 Å². The molecule has 6 nitrogen and oxygen atoms in total. The molecule has 0 aliphatic heterocycles. The maximum absolute atomic E-state index is 5.25. The Hall–Kier alpha value is -0.240. The first-order chi connectivity index (χ1) is 7.41. The van der Waals surface area contributed by atoms with Crippen molar-refractivity contribution in [2.45, 2.75) is 0 Å². The van der Waals surface area contributed by atoms with Crippen molar-refractivity contribution in [3.8, 4) is 0 Å². The molecule has 0 saturated carbocycles. The lowest BCUT2D eigenvalue weighted by Crippen LogP contribution is -2.17. The number of likely N-dealkylation sites (N-methyl/N-ethyl adjacent to an activating group) is 1.